The van der Waals surface area contributed by atoms with Crippen LogP contribution in [-0.4, -0.2) is 11.9 Å². The fourth-order valence-corrected chi connectivity index (χ4v) is 3.52. The Hall–Kier alpha value is -0.580. The standard InChI is InChI=1S/C14H18BrClN2O/c1-14(13(17)19,18-10-4-2-3-5-10)11-7-6-9(15)8-12(11)16/h6-8,10,18H,2-5H2,1H3,(H2,17,19). The predicted molar refractivity (Wildman–Crippen MR) is 81.1 cm³/mol. The fraction of sp³-hybridized carbons (Fsp3) is 0.500. The fourth-order valence-electron chi connectivity index (χ4n) is 2.65. The number of hydrogen-bond donors (Lipinski definition) is 2. The van der Waals surface area contributed by atoms with Crippen molar-refractivity contribution in [2.75, 3.05) is 0 Å². The van der Waals surface area contributed by atoms with Crippen LogP contribution in [0.3, 0.4) is 0 Å². The number of nitrogens with two attached hydrogens (primary N) is 1. The molecule has 0 bridgehead atoms. The quantitative estimate of drug-likeness (QED) is 0.879. The average Bonchev–Trinajstić information content (AvgIpc) is 2.81. The molecule has 104 valence electrons. The summed E-state index contributed by atoms with van der Waals surface area (Å²) in [4.78, 5) is 11.9. The third-order valence-electron chi connectivity index (χ3n) is 3.81. The van der Waals surface area contributed by atoms with Crippen molar-refractivity contribution in [3.8, 4) is 0 Å². The molecule has 0 aromatic heterocycles. The summed E-state index contributed by atoms with van der Waals surface area (Å²) in [7, 11) is 0. The van der Waals surface area contributed by atoms with Crippen LogP contribution in [-0.2, 0) is 10.3 Å². The van der Waals surface area contributed by atoms with Crippen LogP contribution < -0.4 is 11.1 Å². The maximum Gasteiger partial charge on any atom is 0.242 e. The molecule has 1 saturated carbocycles. The highest BCUT2D eigenvalue weighted by Gasteiger charge is 2.37. The van der Waals surface area contributed by atoms with E-state index >= 15 is 0 Å². The Morgan fingerprint density at radius 3 is 2.63 bits per heavy atom. The van der Waals surface area contributed by atoms with Crippen molar-refractivity contribution in [1.82, 2.24) is 5.32 Å². The van der Waals surface area contributed by atoms with Crippen LogP contribution in [0.5, 0.6) is 0 Å². The SMILES string of the molecule is CC(NC1CCCC1)(C(N)=O)c1ccc(Br)cc1Cl. The Bertz CT molecular complexity index is 488. The van der Waals surface area contributed by atoms with Crippen LogP contribution >= 0.6 is 27.5 Å². The predicted octanol–water partition coefficient (Wildman–Crippen LogP) is 3.34. The van der Waals surface area contributed by atoms with Gasteiger partial charge in [-0.3, -0.25) is 10.1 Å². The van der Waals surface area contributed by atoms with Gasteiger partial charge in [0, 0.05) is 15.5 Å². The molecule has 1 unspecified atom stereocenters. The second-order valence-corrected chi connectivity index (χ2v) is 6.56. The monoisotopic (exact) mass is 344 g/mol. The lowest BCUT2D eigenvalue weighted by Crippen LogP contribution is -2.53. The Balaban J connectivity index is 2.34. The summed E-state index contributed by atoms with van der Waals surface area (Å²) in [6, 6.07) is 5.84. The van der Waals surface area contributed by atoms with E-state index in [0.29, 0.717) is 11.1 Å². The molecular formula is C14H18BrClN2O. The number of benzene rings is 1. The number of primary amides is 1. The second-order valence-electron chi connectivity index (χ2n) is 5.24. The highest BCUT2D eigenvalue weighted by molar-refractivity contribution is 9.10. The smallest absolute Gasteiger partial charge is 0.242 e. The van der Waals surface area contributed by atoms with Crippen LogP contribution in [0.2, 0.25) is 5.02 Å². The summed E-state index contributed by atoms with van der Waals surface area (Å²) in [5, 5.41) is 3.94. The van der Waals surface area contributed by atoms with Crippen LogP contribution in [0.25, 0.3) is 0 Å². The summed E-state index contributed by atoms with van der Waals surface area (Å²) in [6.45, 7) is 1.81. The molecule has 5 heteroatoms. The minimum Gasteiger partial charge on any atom is -0.368 e. The van der Waals surface area contributed by atoms with Gasteiger partial charge in [0.15, 0.2) is 0 Å². The normalized spacial score (nSPS) is 19.3. The number of rotatable bonds is 4. The van der Waals surface area contributed by atoms with Crippen LogP contribution in [0.1, 0.15) is 38.2 Å². The summed E-state index contributed by atoms with van der Waals surface area (Å²) >= 11 is 9.63. The van der Waals surface area contributed by atoms with E-state index in [-0.39, 0.29) is 0 Å². The van der Waals surface area contributed by atoms with Crippen molar-refractivity contribution in [1.29, 1.82) is 0 Å². The zero-order valence-corrected chi connectivity index (χ0v) is 13.2. The van der Waals surface area contributed by atoms with E-state index in [1.54, 1.807) is 6.07 Å². The molecule has 1 fully saturated rings. The molecule has 3 N–H and O–H groups in total. The molecule has 1 aliphatic carbocycles. The number of amides is 1. The molecule has 3 nitrogen and oxygen atoms in total. The van der Waals surface area contributed by atoms with Gasteiger partial charge in [0.25, 0.3) is 0 Å². The molecule has 1 aromatic carbocycles. The van der Waals surface area contributed by atoms with Gasteiger partial charge in [-0.05, 0) is 37.5 Å². The van der Waals surface area contributed by atoms with E-state index in [9.17, 15) is 4.79 Å². The van der Waals surface area contributed by atoms with Gasteiger partial charge in [-0.15, -0.1) is 0 Å². The minimum absolute atomic E-state index is 0.331. The first kappa shape index (κ1) is 14.8. The molecule has 2 rings (SSSR count). The van der Waals surface area contributed by atoms with Gasteiger partial charge in [0.2, 0.25) is 5.91 Å². The summed E-state index contributed by atoms with van der Waals surface area (Å²) in [5.41, 5.74) is 5.43. The van der Waals surface area contributed by atoms with Gasteiger partial charge in [0.05, 0.1) is 0 Å². The number of halogens is 2. The van der Waals surface area contributed by atoms with Crippen molar-refractivity contribution in [2.45, 2.75) is 44.2 Å². The maximum atomic E-state index is 11.9. The Kier molecular flexibility index (Phi) is 4.54. The zero-order chi connectivity index (χ0) is 14.0. The summed E-state index contributed by atoms with van der Waals surface area (Å²) < 4.78 is 0.883. The van der Waals surface area contributed by atoms with Crippen molar-refractivity contribution < 1.29 is 4.79 Å². The third kappa shape index (κ3) is 3.12. The first-order valence-electron chi connectivity index (χ1n) is 6.46. The highest BCUT2D eigenvalue weighted by atomic mass is 79.9. The molecule has 0 aliphatic heterocycles. The van der Waals surface area contributed by atoms with Crippen molar-refractivity contribution >= 4 is 33.4 Å². The van der Waals surface area contributed by atoms with Gasteiger partial charge in [-0.2, -0.15) is 0 Å². The number of carbonyl (C=O) groups excluding carboxylic acids is 1. The van der Waals surface area contributed by atoms with Crippen molar-refractivity contribution in [3.05, 3.63) is 33.3 Å². The summed E-state index contributed by atoms with van der Waals surface area (Å²) in [6.07, 6.45) is 4.55. The van der Waals surface area contributed by atoms with E-state index in [0.717, 1.165) is 22.9 Å². The number of hydrogen-bond acceptors (Lipinski definition) is 2. The topological polar surface area (TPSA) is 55.1 Å². The van der Waals surface area contributed by atoms with Crippen LogP contribution in [0.15, 0.2) is 22.7 Å². The minimum atomic E-state index is -0.924. The lowest BCUT2D eigenvalue weighted by molar-refractivity contribution is -0.124. The molecule has 0 spiro atoms. The van der Waals surface area contributed by atoms with E-state index in [4.69, 9.17) is 17.3 Å². The zero-order valence-electron chi connectivity index (χ0n) is 10.9. The van der Waals surface area contributed by atoms with Gasteiger partial charge in [-0.1, -0.05) is 46.4 Å². The van der Waals surface area contributed by atoms with Crippen LogP contribution in [0, 0.1) is 0 Å². The van der Waals surface area contributed by atoms with E-state index in [2.05, 4.69) is 21.2 Å². The van der Waals surface area contributed by atoms with Gasteiger partial charge in [0.1, 0.15) is 5.54 Å². The maximum absolute atomic E-state index is 11.9. The average molecular weight is 346 g/mol. The lowest BCUT2D eigenvalue weighted by Gasteiger charge is -2.32. The molecule has 0 saturated heterocycles. The molecular weight excluding hydrogens is 328 g/mol. The Labute approximate surface area is 127 Å². The molecule has 1 aliphatic rings. The lowest BCUT2D eigenvalue weighted by atomic mass is 9.90. The van der Waals surface area contributed by atoms with Gasteiger partial charge >= 0.3 is 0 Å². The summed E-state index contributed by atoms with van der Waals surface area (Å²) in [5.74, 6) is -0.399. The molecule has 1 amide bonds. The van der Waals surface area contributed by atoms with Gasteiger partial charge < -0.3 is 5.73 Å². The molecule has 0 radical (unpaired) electrons. The number of carbonyl (C=O) groups is 1. The second kappa shape index (κ2) is 5.81. The highest BCUT2D eigenvalue weighted by Crippen LogP contribution is 2.32. The molecule has 1 atom stereocenters. The van der Waals surface area contributed by atoms with Crippen molar-refractivity contribution in [3.63, 3.8) is 0 Å². The van der Waals surface area contributed by atoms with E-state index in [1.165, 1.54) is 12.8 Å². The first-order chi connectivity index (χ1) is 8.93. The largest absolute Gasteiger partial charge is 0.368 e. The Morgan fingerprint density at radius 1 is 1.47 bits per heavy atom. The molecule has 19 heavy (non-hydrogen) atoms. The molecule has 1 aromatic rings. The molecule has 0 heterocycles. The number of nitrogens with one attached hydrogen (secondary N) is 1. The third-order valence-corrected chi connectivity index (χ3v) is 4.62. The van der Waals surface area contributed by atoms with E-state index in [1.807, 2.05) is 19.1 Å². The van der Waals surface area contributed by atoms with Crippen LogP contribution in [0.4, 0.5) is 0 Å². The van der Waals surface area contributed by atoms with Gasteiger partial charge in [-0.25, -0.2) is 0 Å². The Morgan fingerprint density at radius 2 is 2.11 bits per heavy atom. The first-order valence-corrected chi connectivity index (χ1v) is 7.63. The van der Waals surface area contributed by atoms with Crippen molar-refractivity contribution in [2.24, 2.45) is 5.73 Å². The van der Waals surface area contributed by atoms with E-state index < -0.39 is 11.4 Å².